The maximum absolute atomic E-state index is 12.5. The van der Waals surface area contributed by atoms with E-state index in [1.54, 1.807) is 19.0 Å². The zero-order valence-corrected chi connectivity index (χ0v) is 19.0. The normalized spacial score (nSPS) is 12.1. The predicted molar refractivity (Wildman–Crippen MR) is 126 cm³/mol. The van der Waals surface area contributed by atoms with Gasteiger partial charge in [0.15, 0.2) is 0 Å². The monoisotopic (exact) mass is 441 g/mol. The molecule has 2 N–H and O–H groups in total. The summed E-state index contributed by atoms with van der Waals surface area (Å²) in [6, 6.07) is 14.8. The lowest BCUT2D eigenvalue weighted by Gasteiger charge is -2.26. The number of rotatable bonds is 7. The van der Waals surface area contributed by atoms with Gasteiger partial charge in [0.2, 0.25) is 5.91 Å². The molecule has 1 aromatic heterocycles. The van der Waals surface area contributed by atoms with Crippen LogP contribution in [0, 0.1) is 0 Å². The summed E-state index contributed by atoms with van der Waals surface area (Å²) in [5.74, 6) is 0.0213. The van der Waals surface area contributed by atoms with Crippen LogP contribution in [-0.2, 0) is 11.3 Å². The number of likely N-dealkylation sites (N-methyl/N-ethyl adjacent to an activating group) is 2. The number of amides is 3. The van der Waals surface area contributed by atoms with Crippen molar-refractivity contribution in [3.05, 3.63) is 65.3 Å². The molecular formula is C23H28ClN5O2. The minimum absolute atomic E-state index is 0.0213. The third-order valence-electron chi connectivity index (χ3n) is 5.18. The average molecular weight is 442 g/mol. The van der Waals surface area contributed by atoms with Crippen molar-refractivity contribution in [2.75, 3.05) is 40.1 Å². The fourth-order valence-electron chi connectivity index (χ4n) is 3.38. The Morgan fingerprint density at radius 3 is 2.48 bits per heavy atom. The summed E-state index contributed by atoms with van der Waals surface area (Å²) in [6.07, 6.45) is 1.88. The summed E-state index contributed by atoms with van der Waals surface area (Å²) in [6.45, 7) is 0.686. The van der Waals surface area contributed by atoms with Crippen LogP contribution in [0.1, 0.15) is 11.6 Å². The number of hydrogen-bond acceptors (Lipinski definition) is 3. The summed E-state index contributed by atoms with van der Waals surface area (Å²) in [4.78, 5) is 28.1. The lowest BCUT2D eigenvalue weighted by Crippen LogP contribution is -2.37. The number of aromatic nitrogens is 1. The van der Waals surface area contributed by atoms with E-state index in [0.717, 1.165) is 16.5 Å². The van der Waals surface area contributed by atoms with Crippen LogP contribution < -0.4 is 10.6 Å². The Morgan fingerprint density at radius 1 is 1.06 bits per heavy atom. The van der Waals surface area contributed by atoms with E-state index in [4.69, 9.17) is 11.6 Å². The molecule has 0 aliphatic rings. The maximum atomic E-state index is 12.5. The van der Waals surface area contributed by atoms with Gasteiger partial charge < -0.3 is 25.0 Å². The number of carbonyl (C=O) groups excluding carboxylic acids is 2. The fourth-order valence-corrected chi connectivity index (χ4v) is 3.65. The van der Waals surface area contributed by atoms with Gasteiger partial charge in [0.25, 0.3) is 0 Å². The Bertz CT molecular complexity index is 1080. The zero-order chi connectivity index (χ0) is 22.5. The van der Waals surface area contributed by atoms with E-state index < -0.39 is 0 Å². The highest BCUT2D eigenvalue weighted by molar-refractivity contribution is 6.31. The van der Waals surface area contributed by atoms with Crippen LogP contribution in [0.15, 0.2) is 54.7 Å². The second-order valence-electron chi connectivity index (χ2n) is 7.84. The van der Waals surface area contributed by atoms with Crippen LogP contribution in [-0.4, -0.2) is 61.0 Å². The highest BCUT2D eigenvalue weighted by atomic mass is 35.5. The molecule has 1 heterocycles. The van der Waals surface area contributed by atoms with Crippen molar-refractivity contribution >= 4 is 40.1 Å². The SMILES string of the molecule is CN(C)C(=O)Cn1ccc2cc(NC(=O)NCC(c3ccccc3Cl)N(C)C)ccc21. The number of nitrogens with one attached hydrogen (secondary N) is 2. The number of benzene rings is 2. The van der Waals surface area contributed by atoms with Crippen molar-refractivity contribution in [1.29, 1.82) is 0 Å². The van der Waals surface area contributed by atoms with Gasteiger partial charge in [-0.25, -0.2) is 4.79 Å². The van der Waals surface area contributed by atoms with Gasteiger partial charge in [-0.2, -0.15) is 0 Å². The first kappa shape index (κ1) is 22.7. The Morgan fingerprint density at radius 2 is 1.81 bits per heavy atom. The van der Waals surface area contributed by atoms with Crippen LogP contribution in [0.3, 0.4) is 0 Å². The largest absolute Gasteiger partial charge is 0.347 e. The first-order chi connectivity index (χ1) is 14.8. The van der Waals surface area contributed by atoms with E-state index in [1.807, 2.05) is 78.3 Å². The van der Waals surface area contributed by atoms with E-state index in [0.29, 0.717) is 17.3 Å². The molecular weight excluding hydrogens is 414 g/mol. The topological polar surface area (TPSA) is 69.6 Å². The molecule has 8 heteroatoms. The van der Waals surface area contributed by atoms with Crippen LogP contribution in [0.2, 0.25) is 5.02 Å². The molecule has 1 atom stereocenters. The third-order valence-corrected chi connectivity index (χ3v) is 5.52. The molecule has 1 unspecified atom stereocenters. The highest BCUT2D eigenvalue weighted by Crippen LogP contribution is 2.25. The summed E-state index contributed by atoms with van der Waals surface area (Å²) < 4.78 is 1.90. The molecule has 2 aromatic carbocycles. The molecule has 164 valence electrons. The van der Waals surface area contributed by atoms with Crippen molar-refractivity contribution in [2.45, 2.75) is 12.6 Å². The van der Waals surface area contributed by atoms with E-state index in [9.17, 15) is 9.59 Å². The van der Waals surface area contributed by atoms with E-state index >= 15 is 0 Å². The molecule has 3 aromatic rings. The summed E-state index contributed by atoms with van der Waals surface area (Å²) in [7, 11) is 7.38. The van der Waals surface area contributed by atoms with Gasteiger partial charge >= 0.3 is 6.03 Å². The summed E-state index contributed by atoms with van der Waals surface area (Å²) >= 11 is 6.33. The molecule has 31 heavy (non-hydrogen) atoms. The van der Waals surface area contributed by atoms with E-state index in [-0.39, 0.29) is 24.5 Å². The number of nitrogens with zero attached hydrogens (tertiary/aromatic N) is 3. The summed E-state index contributed by atoms with van der Waals surface area (Å²) in [5.41, 5.74) is 2.58. The molecule has 0 bridgehead atoms. The number of anilines is 1. The van der Waals surface area contributed by atoms with Crippen LogP contribution in [0.5, 0.6) is 0 Å². The minimum atomic E-state index is -0.291. The van der Waals surface area contributed by atoms with Crippen molar-refractivity contribution in [3.8, 4) is 0 Å². The number of carbonyl (C=O) groups is 2. The molecule has 0 radical (unpaired) electrons. The van der Waals surface area contributed by atoms with Crippen LogP contribution in [0.25, 0.3) is 10.9 Å². The number of hydrogen-bond donors (Lipinski definition) is 2. The molecule has 0 aliphatic carbocycles. The van der Waals surface area contributed by atoms with Crippen molar-refractivity contribution in [3.63, 3.8) is 0 Å². The molecule has 0 saturated heterocycles. The maximum Gasteiger partial charge on any atom is 0.319 e. The smallest absolute Gasteiger partial charge is 0.319 e. The molecule has 7 nitrogen and oxygen atoms in total. The zero-order valence-electron chi connectivity index (χ0n) is 18.2. The van der Waals surface area contributed by atoms with Crippen molar-refractivity contribution < 1.29 is 9.59 Å². The second kappa shape index (κ2) is 9.85. The quantitative estimate of drug-likeness (QED) is 0.585. The first-order valence-corrected chi connectivity index (χ1v) is 10.4. The van der Waals surface area contributed by atoms with E-state index in [1.165, 1.54) is 0 Å². The molecule has 3 rings (SSSR count). The average Bonchev–Trinajstić information content (AvgIpc) is 3.11. The molecule has 0 saturated carbocycles. The Balaban J connectivity index is 1.65. The standard InChI is InChI=1S/C23H28ClN5O2/c1-27(2)21(18-7-5-6-8-19(18)24)14-25-23(31)26-17-9-10-20-16(13-17)11-12-29(20)15-22(30)28(3)4/h5-13,21H,14-15H2,1-4H3,(H2,25,26,31). The lowest BCUT2D eigenvalue weighted by atomic mass is 10.1. The summed E-state index contributed by atoms with van der Waals surface area (Å²) in [5, 5.41) is 7.42. The van der Waals surface area contributed by atoms with Gasteiger partial charge in [-0.1, -0.05) is 29.8 Å². The van der Waals surface area contributed by atoms with Gasteiger partial charge in [0.1, 0.15) is 6.54 Å². The van der Waals surface area contributed by atoms with Gasteiger partial charge in [-0.15, -0.1) is 0 Å². The number of halogens is 1. The van der Waals surface area contributed by atoms with Crippen LogP contribution >= 0.6 is 11.6 Å². The van der Waals surface area contributed by atoms with Crippen molar-refractivity contribution in [2.24, 2.45) is 0 Å². The molecule has 3 amide bonds. The van der Waals surface area contributed by atoms with Gasteiger partial charge in [-0.3, -0.25) is 4.79 Å². The van der Waals surface area contributed by atoms with E-state index in [2.05, 4.69) is 10.6 Å². The molecule has 0 spiro atoms. The molecule has 0 aliphatic heterocycles. The fraction of sp³-hybridized carbons (Fsp3) is 0.304. The van der Waals surface area contributed by atoms with Crippen molar-refractivity contribution in [1.82, 2.24) is 19.7 Å². The molecule has 0 fully saturated rings. The Kier molecular flexibility index (Phi) is 7.20. The first-order valence-electron chi connectivity index (χ1n) is 10.0. The number of fused-ring (bicyclic) bond motifs is 1. The minimum Gasteiger partial charge on any atom is -0.347 e. The third kappa shape index (κ3) is 5.57. The number of urea groups is 1. The van der Waals surface area contributed by atoms with Crippen LogP contribution in [0.4, 0.5) is 10.5 Å². The lowest BCUT2D eigenvalue weighted by molar-refractivity contribution is -0.129. The Hall–Kier alpha value is -3.03. The Labute approximate surface area is 187 Å². The van der Waals surface area contributed by atoms with Gasteiger partial charge in [-0.05, 0) is 50.0 Å². The van der Waals surface area contributed by atoms with Gasteiger partial charge in [0, 0.05) is 48.4 Å². The predicted octanol–water partition coefficient (Wildman–Crippen LogP) is 3.81. The highest BCUT2D eigenvalue weighted by Gasteiger charge is 2.18. The van der Waals surface area contributed by atoms with Gasteiger partial charge in [0.05, 0.1) is 6.04 Å². The second-order valence-corrected chi connectivity index (χ2v) is 8.25.